The van der Waals surface area contributed by atoms with Gasteiger partial charge in [-0.3, -0.25) is 4.98 Å². The van der Waals surface area contributed by atoms with Crippen LogP contribution in [-0.4, -0.2) is 30.8 Å². The fourth-order valence-electron chi connectivity index (χ4n) is 1.65. The van der Waals surface area contributed by atoms with E-state index < -0.39 is 15.8 Å². The molecule has 0 amide bonds. The van der Waals surface area contributed by atoms with Crippen molar-refractivity contribution in [2.45, 2.75) is 18.2 Å². The van der Waals surface area contributed by atoms with Crippen LogP contribution >= 0.6 is 0 Å². The number of rotatable bonds is 2. The van der Waals surface area contributed by atoms with E-state index in [9.17, 15) is 12.8 Å². The van der Waals surface area contributed by atoms with Gasteiger partial charge < -0.3 is 0 Å². The second-order valence-corrected chi connectivity index (χ2v) is 5.94. The van der Waals surface area contributed by atoms with Gasteiger partial charge in [0.25, 0.3) is 0 Å². The van der Waals surface area contributed by atoms with Gasteiger partial charge in [0.05, 0.1) is 6.20 Å². The van der Waals surface area contributed by atoms with E-state index in [-0.39, 0.29) is 4.90 Å². The van der Waals surface area contributed by atoms with E-state index in [1.165, 1.54) is 16.1 Å². The largest absolute Gasteiger partial charge is 0.260 e. The molecule has 1 aromatic rings. The van der Waals surface area contributed by atoms with Crippen LogP contribution in [-0.2, 0) is 10.0 Å². The van der Waals surface area contributed by atoms with Gasteiger partial charge in [0, 0.05) is 19.3 Å². The first-order valence-electron chi connectivity index (χ1n) is 5.26. The molecule has 0 atom stereocenters. The third kappa shape index (κ3) is 2.53. The summed E-state index contributed by atoms with van der Waals surface area (Å²) >= 11 is 0. The lowest BCUT2D eigenvalue weighted by Gasteiger charge is -2.24. The van der Waals surface area contributed by atoms with Gasteiger partial charge in [-0.1, -0.05) is 11.6 Å². The molecule has 4 nitrogen and oxygen atoms in total. The molecule has 0 fully saturated rings. The van der Waals surface area contributed by atoms with Crippen molar-refractivity contribution in [1.82, 2.24) is 9.29 Å². The van der Waals surface area contributed by atoms with E-state index in [1.807, 2.05) is 13.0 Å². The quantitative estimate of drug-likeness (QED) is 0.755. The highest BCUT2D eigenvalue weighted by Crippen LogP contribution is 2.19. The molecule has 92 valence electrons. The molecule has 0 N–H and O–H groups in total. The van der Waals surface area contributed by atoms with Crippen LogP contribution < -0.4 is 0 Å². The van der Waals surface area contributed by atoms with Gasteiger partial charge in [0.2, 0.25) is 10.0 Å². The van der Waals surface area contributed by atoms with Gasteiger partial charge in [-0.25, -0.2) is 12.8 Å². The predicted molar refractivity (Wildman–Crippen MR) is 61.3 cm³/mol. The molecule has 0 aromatic carbocycles. The fourth-order valence-corrected chi connectivity index (χ4v) is 3.01. The molecule has 1 aliphatic heterocycles. The van der Waals surface area contributed by atoms with Gasteiger partial charge in [-0.15, -0.1) is 0 Å². The number of nitrogens with zero attached hydrogens (tertiary/aromatic N) is 2. The molecule has 2 rings (SSSR count). The topological polar surface area (TPSA) is 50.3 Å². The van der Waals surface area contributed by atoms with Crippen molar-refractivity contribution in [1.29, 1.82) is 0 Å². The second-order valence-electron chi connectivity index (χ2n) is 4.00. The van der Waals surface area contributed by atoms with Crippen LogP contribution in [0.4, 0.5) is 4.39 Å². The average Bonchev–Trinajstić information content (AvgIpc) is 2.29. The fraction of sp³-hybridized carbons (Fsp3) is 0.364. The Morgan fingerprint density at radius 3 is 2.76 bits per heavy atom. The summed E-state index contributed by atoms with van der Waals surface area (Å²) in [7, 11) is -3.62. The number of sulfonamides is 1. The summed E-state index contributed by atoms with van der Waals surface area (Å²) in [5.74, 6) is -0.644. The lowest BCUT2D eigenvalue weighted by Crippen LogP contribution is -2.34. The predicted octanol–water partition coefficient (Wildman–Crippen LogP) is 1.56. The molecular formula is C11H13FN2O2S. The second kappa shape index (κ2) is 4.54. The average molecular weight is 256 g/mol. The standard InChI is InChI=1S/C11H13FN2O2S/c1-9-2-4-14(5-3-9)17(15,16)11-6-10(12)7-13-8-11/h2,6-8H,3-5H2,1H3. The van der Waals surface area contributed by atoms with Gasteiger partial charge >= 0.3 is 0 Å². The van der Waals surface area contributed by atoms with Gasteiger partial charge in [-0.2, -0.15) is 4.31 Å². The molecule has 2 heterocycles. The first-order chi connectivity index (χ1) is 8.00. The Hall–Kier alpha value is -1.27. The third-order valence-corrected chi connectivity index (χ3v) is 4.55. The van der Waals surface area contributed by atoms with Crippen LogP contribution in [0, 0.1) is 5.82 Å². The summed E-state index contributed by atoms with van der Waals surface area (Å²) in [5, 5.41) is 0. The molecule has 1 aliphatic rings. The molecule has 0 spiro atoms. The Labute approximate surface area is 99.8 Å². The Morgan fingerprint density at radius 2 is 2.18 bits per heavy atom. The maximum Gasteiger partial charge on any atom is 0.245 e. The molecule has 0 saturated carbocycles. The van der Waals surface area contributed by atoms with E-state index >= 15 is 0 Å². The van der Waals surface area contributed by atoms with E-state index in [4.69, 9.17) is 0 Å². The molecule has 6 heteroatoms. The normalized spacial score (nSPS) is 17.9. The van der Waals surface area contributed by atoms with Crippen molar-refractivity contribution in [2.24, 2.45) is 0 Å². The zero-order valence-electron chi connectivity index (χ0n) is 9.43. The molecular weight excluding hydrogens is 243 g/mol. The number of pyridine rings is 1. The maximum absolute atomic E-state index is 13.0. The molecule has 0 bridgehead atoms. The third-order valence-electron chi connectivity index (χ3n) is 2.72. The van der Waals surface area contributed by atoms with Gasteiger partial charge in [-0.05, 0) is 19.4 Å². The monoisotopic (exact) mass is 256 g/mol. The first-order valence-corrected chi connectivity index (χ1v) is 6.70. The van der Waals surface area contributed by atoms with Gasteiger partial charge in [0.1, 0.15) is 10.7 Å². The Kier molecular flexibility index (Phi) is 3.26. The molecule has 1 aromatic heterocycles. The number of hydrogen-bond acceptors (Lipinski definition) is 3. The highest BCUT2D eigenvalue weighted by molar-refractivity contribution is 7.89. The van der Waals surface area contributed by atoms with Crippen LogP contribution in [0.15, 0.2) is 35.0 Å². The van der Waals surface area contributed by atoms with Crippen molar-refractivity contribution in [3.63, 3.8) is 0 Å². The summed E-state index contributed by atoms with van der Waals surface area (Å²) in [6.07, 6.45) is 4.73. The number of aromatic nitrogens is 1. The van der Waals surface area contributed by atoms with Crippen molar-refractivity contribution in [2.75, 3.05) is 13.1 Å². The van der Waals surface area contributed by atoms with Crippen LogP contribution in [0.5, 0.6) is 0 Å². The highest BCUT2D eigenvalue weighted by atomic mass is 32.2. The van der Waals surface area contributed by atoms with E-state index in [0.29, 0.717) is 19.5 Å². The zero-order valence-corrected chi connectivity index (χ0v) is 10.2. The smallest absolute Gasteiger partial charge is 0.245 e. The maximum atomic E-state index is 13.0. The van der Waals surface area contributed by atoms with E-state index in [1.54, 1.807) is 0 Å². The van der Waals surface area contributed by atoms with Crippen molar-refractivity contribution in [3.05, 3.63) is 35.9 Å². The van der Waals surface area contributed by atoms with E-state index in [2.05, 4.69) is 4.98 Å². The van der Waals surface area contributed by atoms with Crippen LogP contribution in [0.3, 0.4) is 0 Å². The van der Waals surface area contributed by atoms with E-state index in [0.717, 1.165) is 12.3 Å². The minimum atomic E-state index is -3.62. The number of hydrogen-bond donors (Lipinski definition) is 0. The lowest BCUT2D eigenvalue weighted by molar-refractivity contribution is 0.430. The molecule has 0 aliphatic carbocycles. The minimum Gasteiger partial charge on any atom is -0.260 e. The summed E-state index contributed by atoms with van der Waals surface area (Å²) in [4.78, 5) is 3.47. The van der Waals surface area contributed by atoms with Crippen molar-refractivity contribution in [3.8, 4) is 0 Å². The summed E-state index contributed by atoms with van der Waals surface area (Å²) in [6.45, 7) is 2.74. The van der Waals surface area contributed by atoms with Crippen LogP contribution in [0.1, 0.15) is 13.3 Å². The highest BCUT2D eigenvalue weighted by Gasteiger charge is 2.25. The summed E-state index contributed by atoms with van der Waals surface area (Å²) in [6, 6.07) is 0.994. The van der Waals surface area contributed by atoms with Crippen LogP contribution in [0.25, 0.3) is 0 Å². The Bertz CT molecular complexity index is 554. The molecule has 0 unspecified atom stereocenters. The SMILES string of the molecule is CC1=CCN(S(=O)(=O)c2cncc(F)c2)CC1. The lowest BCUT2D eigenvalue weighted by atomic mass is 10.1. The zero-order chi connectivity index (χ0) is 12.5. The molecule has 17 heavy (non-hydrogen) atoms. The van der Waals surface area contributed by atoms with Crippen molar-refractivity contribution >= 4 is 10.0 Å². The minimum absolute atomic E-state index is 0.0922. The first kappa shape index (κ1) is 12.2. The summed E-state index contributed by atoms with van der Waals surface area (Å²) < 4.78 is 38.6. The Balaban J connectivity index is 2.31. The van der Waals surface area contributed by atoms with Gasteiger partial charge in [0.15, 0.2) is 0 Å². The molecule has 0 radical (unpaired) electrons. The summed E-state index contributed by atoms with van der Waals surface area (Å²) in [5.41, 5.74) is 1.17. The number of halogens is 1. The van der Waals surface area contributed by atoms with Crippen LogP contribution in [0.2, 0.25) is 0 Å². The molecule has 0 saturated heterocycles. The van der Waals surface area contributed by atoms with Crippen molar-refractivity contribution < 1.29 is 12.8 Å². The Morgan fingerprint density at radius 1 is 1.41 bits per heavy atom.